The second-order valence-corrected chi connectivity index (χ2v) is 5.90. The van der Waals surface area contributed by atoms with E-state index in [4.69, 9.17) is 13.9 Å². The number of methoxy groups -OCH3 is 1. The van der Waals surface area contributed by atoms with Crippen molar-refractivity contribution < 1.29 is 18.7 Å². The molecule has 4 rings (SSSR count). The summed E-state index contributed by atoms with van der Waals surface area (Å²) in [7, 11) is 1.63. The summed E-state index contributed by atoms with van der Waals surface area (Å²) in [6.07, 6.45) is 1.42. The number of aromatic nitrogens is 3. The Morgan fingerprint density at radius 2 is 2.19 bits per heavy atom. The van der Waals surface area contributed by atoms with Crippen molar-refractivity contribution in [2.24, 2.45) is 0 Å². The molecule has 26 heavy (non-hydrogen) atoms. The van der Waals surface area contributed by atoms with Crippen LogP contribution in [0.2, 0.25) is 0 Å². The summed E-state index contributed by atoms with van der Waals surface area (Å²) in [4.78, 5) is 12.4. The van der Waals surface area contributed by atoms with Gasteiger partial charge in [0.15, 0.2) is 5.69 Å². The van der Waals surface area contributed by atoms with Crippen LogP contribution in [0.4, 0.5) is 0 Å². The Morgan fingerprint density at radius 1 is 1.35 bits per heavy atom. The molecule has 3 aromatic rings. The van der Waals surface area contributed by atoms with Crippen LogP contribution in [-0.4, -0.2) is 28.0 Å². The molecule has 8 heteroatoms. The summed E-state index contributed by atoms with van der Waals surface area (Å²) < 4.78 is 18.0. The Bertz CT molecular complexity index is 887. The fraction of sp³-hybridized carbons (Fsp3) is 0.278. The number of amides is 1. The quantitative estimate of drug-likeness (QED) is 0.754. The van der Waals surface area contributed by atoms with Gasteiger partial charge in [-0.2, -0.15) is 0 Å². The zero-order chi connectivity index (χ0) is 17.9. The summed E-state index contributed by atoms with van der Waals surface area (Å²) in [5.74, 6) is 1.17. The average Bonchev–Trinajstić information content (AvgIpc) is 3.35. The van der Waals surface area contributed by atoms with Crippen molar-refractivity contribution in [3.63, 3.8) is 0 Å². The molecule has 0 unspecified atom stereocenters. The second kappa shape index (κ2) is 7.01. The maximum atomic E-state index is 12.4. The minimum atomic E-state index is -0.297. The normalized spacial score (nSPS) is 16.1. The van der Waals surface area contributed by atoms with Gasteiger partial charge in [-0.1, -0.05) is 17.3 Å². The third kappa shape index (κ3) is 3.18. The number of rotatable bonds is 5. The van der Waals surface area contributed by atoms with E-state index in [0.29, 0.717) is 24.5 Å². The fourth-order valence-corrected chi connectivity index (χ4v) is 2.87. The number of hydrogen-bond acceptors (Lipinski definition) is 6. The molecule has 0 fully saturated rings. The first-order valence-electron chi connectivity index (χ1n) is 8.23. The van der Waals surface area contributed by atoms with E-state index in [1.807, 2.05) is 24.3 Å². The Kier molecular flexibility index (Phi) is 4.40. The van der Waals surface area contributed by atoms with Crippen molar-refractivity contribution in [3.8, 4) is 5.75 Å². The summed E-state index contributed by atoms with van der Waals surface area (Å²) in [5, 5.41) is 10.9. The molecule has 0 radical (unpaired) electrons. The number of fused-ring (bicyclic) bond motifs is 1. The number of furan rings is 1. The molecule has 1 aromatic carbocycles. The number of carbonyl (C=O) groups is 1. The molecule has 0 saturated carbocycles. The van der Waals surface area contributed by atoms with Gasteiger partial charge in [0.2, 0.25) is 0 Å². The predicted molar refractivity (Wildman–Crippen MR) is 90.4 cm³/mol. The summed E-state index contributed by atoms with van der Waals surface area (Å²) in [6, 6.07) is 11.3. The molecule has 1 N–H and O–H groups in total. The summed E-state index contributed by atoms with van der Waals surface area (Å²) >= 11 is 0. The highest BCUT2D eigenvalue weighted by molar-refractivity contribution is 5.93. The lowest BCUT2D eigenvalue weighted by Crippen LogP contribution is -2.27. The molecule has 1 atom stereocenters. The molecule has 0 aliphatic carbocycles. The minimum absolute atomic E-state index is 0.144. The topological polar surface area (TPSA) is 91.4 Å². The molecule has 3 heterocycles. The van der Waals surface area contributed by atoms with Gasteiger partial charge in [-0.05, 0) is 29.8 Å². The zero-order valence-corrected chi connectivity index (χ0v) is 14.2. The number of nitrogens with zero attached hydrogens (tertiary/aromatic N) is 3. The SMILES string of the molecule is COc1ccc([C@@H]2Cn3nnc(C(=O)NCc4ccco4)c3CO2)cc1. The highest BCUT2D eigenvalue weighted by Crippen LogP contribution is 2.28. The van der Waals surface area contributed by atoms with Crippen molar-refractivity contribution in [2.45, 2.75) is 25.8 Å². The lowest BCUT2D eigenvalue weighted by Gasteiger charge is -2.24. The van der Waals surface area contributed by atoms with Crippen molar-refractivity contribution in [1.29, 1.82) is 0 Å². The van der Waals surface area contributed by atoms with Gasteiger partial charge >= 0.3 is 0 Å². The monoisotopic (exact) mass is 354 g/mol. The first-order chi connectivity index (χ1) is 12.7. The third-order valence-corrected chi connectivity index (χ3v) is 4.30. The van der Waals surface area contributed by atoms with Crippen molar-refractivity contribution >= 4 is 5.91 Å². The van der Waals surface area contributed by atoms with Crippen LogP contribution >= 0.6 is 0 Å². The maximum absolute atomic E-state index is 12.4. The van der Waals surface area contributed by atoms with Crippen molar-refractivity contribution in [1.82, 2.24) is 20.3 Å². The van der Waals surface area contributed by atoms with Gasteiger partial charge in [-0.15, -0.1) is 5.10 Å². The van der Waals surface area contributed by atoms with E-state index < -0.39 is 0 Å². The fourth-order valence-electron chi connectivity index (χ4n) is 2.87. The molecule has 0 bridgehead atoms. The zero-order valence-electron chi connectivity index (χ0n) is 14.2. The third-order valence-electron chi connectivity index (χ3n) is 4.30. The predicted octanol–water partition coefficient (Wildman–Crippen LogP) is 2.08. The van der Waals surface area contributed by atoms with Gasteiger partial charge in [0.05, 0.1) is 38.8 Å². The Morgan fingerprint density at radius 3 is 2.92 bits per heavy atom. The summed E-state index contributed by atoms with van der Waals surface area (Å²) in [5.41, 5.74) is 1.98. The van der Waals surface area contributed by atoms with E-state index in [1.165, 1.54) is 0 Å². The van der Waals surface area contributed by atoms with E-state index in [1.54, 1.807) is 30.2 Å². The van der Waals surface area contributed by atoms with Crippen LogP contribution in [0.3, 0.4) is 0 Å². The van der Waals surface area contributed by atoms with Crippen LogP contribution in [0.25, 0.3) is 0 Å². The highest BCUT2D eigenvalue weighted by Gasteiger charge is 2.27. The van der Waals surface area contributed by atoms with Crippen LogP contribution in [0, 0.1) is 0 Å². The molecule has 8 nitrogen and oxygen atoms in total. The largest absolute Gasteiger partial charge is 0.497 e. The Labute approximate surface area is 149 Å². The van der Waals surface area contributed by atoms with E-state index in [9.17, 15) is 4.79 Å². The van der Waals surface area contributed by atoms with Crippen LogP contribution in [0.5, 0.6) is 5.75 Å². The minimum Gasteiger partial charge on any atom is -0.497 e. The van der Waals surface area contributed by atoms with Crippen LogP contribution in [0.15, 0.2) is 47.1 Å². The number of nitrogens with one attached hydrogen (secondary N) is 1. The van der Waals surface area contributed by atoms with Crippen LogP contribution < -0.4 is 10.1 Å². The molecule has 1 aliphatic rings. The average molecular weight is 354 g/mol. The van der Waals surface area contributed by atoms with Gasteiger partial charge in [0, 0.05) is 0 Å². The van der Waals surface area contributed by atoms with Crippen molar-refractivity contribution in [2.75, 3.05) is 7.11 Å². The summed E-state index contributed by atoms with van der Waals surface area (Å²) in [6.45, 7) is 1.07. The van der Waals surface area contributed by atoms with Crippen LogP contribution in [0.1, 0.15) is 33.6 Å². The molecular formula is C18H18N4O4. The molecule has 0 spiro atoms. The lowest BCUT2D eigenvalue weighted by atomic mass is 10.1. The van der Waals surface area contributed by atoms with Gasteiger partial charge in [-0.25, -0.2) is 4.68 Å². The number of benzene rings is 1. The second-order valence-electron chi connectivity index (χ2n) is 5.90. The van der Waals surface area contributed by atoms with Gasteiger partial charge < -0.3 is 19.2 Å². The lowest BCUT2D eigenvalue weighted by molar-refractivity contribution is -0.00179. The van der Waals surface area contributed by atoms with Gasteiger partial charge in [-0.3, -0.25) is 4.79 Å². The molecule has 1 amide bonds. The van der Waals surface area contributed by atoms with E-state index in [0.717, 1.165) is 11.3 Å². The number of carbonyl (C=O) groups excluding carboxylic acids is 1. The first-order valence-corrected chi connectivity index (χ1v) is 8.23. The molecule has 134 valence electrons. The maximum Gasteiger partial charge on any atom is 0.274 e. The van der Waals surface area contributed by atoms with Crippen molar-refractivity contribution in [3.05, 3.63) is 65.4 Å². The first kappa shape index (κ1) is 16.3. The number of hydrogen-bond donors (Lipinski definition) is 1. The molecule has 0 saturated heterocycles. The van der Waals surface area contributed by atoms with Gasteiger partial charge in [0.1, 0.15) is 17.6 Å². The molecule has 1 aliphatic heterocycles. The highest BCUT2D eigenvalue weighted by atomic mass is 16.5. The smallest absolute Gasteiger partial charge is 0.274 e. The van der Waals surface area contributed by atoms with E-state index >= 15 is 0 Å². The standard InChI is InChI=1S/C18H18N4O4/c1-24-13-6-4-12(5-7-13)16-10-22-15(11-26-16)17(20-21-22)18(23)19-9-14-3-2-8-25-14/h2-8,16H,9-11H2,1H3,(H,19,23)/t16-/m0/s1. The molecular weight excluding hydrogens is 336 g/mol. The Balaban J connectivity index is 1.45. The Hall–Kier alpha value is -3.13. The number of ether oxygens (including phenoxy) is 2. The molecule has 2 aromatic heterocycles. The van der Waals surface area contributed by atoms with E-state index in [2.05, 4.69) is 15.6 Å². The van der Waals surface area contributed by atoms with E-state index in [-0.39, 0.29) is 24.3 Å². The van der Waals surface area contributed by atoms with Gasteiger partial charge in [0.25, 0.3) is 5.91 Å². The van der Waals surface area contributed by atoms with Crippen LogP contribution in [-0.2, 0) is 24.4 Å².